The second-order valence-corrected chi connectivity index (χ2v) is 33.9. The lowest BCUT2D eigenvalue weighted by molar-refractivity contribution is 1.06. The lowest BCUT2D eigenvalue weighted by Gasteiger charge is -2.08. The van der Waals surface area contributed by atoms with Gasteiger partial charge in [0.1, 0.15) is 12.7 Å². The number of para-hydroxylation sites is 1. The molecule has 1 aliphatic heterocycles. The standard InChI is InChI=1S/2C16H10N2.4C12H9N.3C11H8N2.C8H7N/c1-3-7-13-11(5-1)12-6-2-4-8-14(12)16-15(13)17-9-10-18-16;1-2-7-13-11(5-1)12-6-3-4-8-14(12)16-15(13)9-17-10-18-16;1-2-6-11-9(4-1)8-10-5-3-7-13-12(10)11;1-2-5-10-9(4-1)8-12-11(10)6-3-7-13-12;1-2-4-11-9(3-1)7-10-8-13-6-5-12(10)11;1-2-4-11-9(3-1)7-10-5-6-13-8-12(10)11;1-3-8-9-4-2-6-13-11(9)7-10(8)12-5-1;1-2-4-9-8(3-1)5-11-10(9)6-12-7-13-11;1-2-4-9-8(3-1)7-10-11(9)13-6-5-12-10;1-2-4-8-7(3-1)5-6-9-8/h2*1-10H;2*1-7H,8H2;2*1-6,8H,7H2;1-6H,7H2;1-4,6-7H,5H2;1-6H,7H2;1-4,6H,5H2. The molecule has 15 heteroatoms. The molecule has 0 radical (unpaired) electrons. The summed E-state index contributed by atoms with van der Waals surface area (Å²) in [5.74, 6) is 0. The average molecular weight is 1750 g/mol. The van der Waals surface area contributed by atoms with E-state index >= 15 is 0 Å². The number of aliphatic imine (C=N–C) groups is 1. The van der Waals surface area contributed by atoms with Crippen LogP contribution >= 0.6 is 0 Å². The molecular formula is C121H87N15. The molecule has 136 heavy (non-hydrogen) atoms. The number of pyridine rings is 6. The Morgan fingerprint density at radius 2 is 0.507 bits per heavy atom. The first-order valence-corrected chi connectivity index (χ1v) is 45.8. The molecular weight excluding hydrogens is 1660 g/mol. The van der Waals surface area contributed by atoms with Crippen molar-refractivity contribution in [3.8, 4) is 78.1 Å². The molecule has 0 spiro atoms. The molecule has 0 bridgehead atoms. The van der Waals surface area contributed by atoms with Crippen molar-refractivity contribution in [2.24, 2.45) is 4.99 Å². The predicted molar refractivity (Wildman–Crippen MR) is 548 cm³/mol. The number of benzene rings is 13. The van der Waals surface area contributed by atoms with E-state index in [1.807, 2.05) is 129 Å². The summed E-state index contributed by atoms with van der Waals surface area (Å²) in [5, 5.41) is 10.8. The lowest BCUT2D eigenvalue weighted by Crippen LogP contribution is -1.87. The van der Waals surface area contributed by atoms with E-state index in [2.05, 4.69) is 342 Å². The van der Waals surface area contributed by atoms with Crippen molar-refractivity contribution in [3.05, 3.63) is 511 Å². The molecule has 0 amide bonds. The van der Waals surface area contributed by atoms with Crippen molar-refractivity contribution in [1.29, 1.82) is 0 Å². The smallest absolute Gasteiger partial charge is 0.116 e. The minimum atomic E-state index is 0.881. The van der Waals surface area contributed by atoms with Gasteiger partial charge in [0.25, 0.3) is 0 Å². The molecule has 0 N–H and O–H groups in total. The van der Waals surface area contributed by atoms with Crippen LogP contribution in [0.25, 0.3) is 143 Å². The summed E-state index contributed by atoms with van der Waals surface area (Å²) in [4.78, 5) is 64.5. The van der Waals surface area contributed by atoms with Gasteiger partial charge in [-0.05, 0) is 159 Å². The van der Waals surface area contributed by atoms with Crippen LogP contribution in [0.4, 0.5) is 5.69 Å². The highest BCUT2D eigenvalue weighted by molar-refractivity contribution is 6.24. The third kappa shape index (κ3) is 17.3. The first kappa shape index (κ1) is 83.9. The zero-order valence-corrected chi connectivity index (χ0v) is 74.4. The fourth-order valence-corrected chi connectivity index (χ4v) is 19.5. The monoisotopic (exact) mass is 1750 g/mol. The molecule has 31 rings (SSSR count). The van der Waals surface area contributed by atoms with Crippen molar-refractivity contribution in [2.75, 3.05) is 0 Å². The van der Waals surface area contributed by atoms with Crippen LogP contribution < -0.4 is 0 Å². The molecule has 0 unspecified atom stereocenters. The van der Waals surface area contributed by atoms with E-state index in [1.54, 1.807) is 37.4 Å². The third-order valence-corrected chi connectivity index (χ3v) is 25.9. The zero-order chi connectivity index (χ0) is 90.7. The van der Waals surface area contributed by atoms with Crippen molar-refractivity contribution in [3.63, 3.8) is 0 Å². The largest absolute Gasteiger partial charge is 0.264 e. The number of nitrogens with zero attached hydrogens (tertiary/aromatic N) is 15. The van der Waals surface area contributed by atoms with E-state index in [1.165, 1.54) is 171 Å². The Kier molecular flexibility index (Phi) is 23.9. The van der Waals surface area contributed by atoms with E-state index in [0.717, 1.165) is 113 Å². The van der Waals surface area contributed by atoms with E-state index in [9.17, 15) is 0 Å². The Morgan fingerprint density at radius 3 is 1.12 bits per heavy atom. The number of hydrogen-bond acceptors (Lipinski definition) is 15. The minimum absolute atomic E-state index is 0.881. The molecule has 0 fully saturated rings. The summed E-state index contributed by atoms with van der Waals surface area (Å²) in [6, 6.07) is 113. The third-order valence-electron chi connectivity index (χ3n) is 25.9. The van der Waals surface area contributed by atoms with Gasteiger partial charge in [-0.2, -0.15) is 0 Å². The zero-order valence-electron chi connectivity index (χ0n) is 74.4. The van der Waals surface area contributed by atoms with Crippen molar-refractivity contribution < 1.29 is 0 Å². The van der Waals surface area contributed by atoms with Gasteiger partial charge in [0.05, 0.1) is 62.1 Å². The van der Waals surface area contributed by atoms with Gasteiger partial charge in [0.2, 0.25) is 0 Å². The summed E-state index contributed by atoms with van der Waals surface area (Å²) in [6.07, 6.45) is 39.0. The molecule has 8 aliphatic rings. The first-order valence-electron chi connectivity index (χ1n) is 45.8. The summed E-state index contributed by atoms with van der Waals surface area (Å²) in [7, 11) is 0. The Morgan fingerprint density at radius 1 is 0.162 bits per heavy atom. The molecule has 0 saturated heterocycles. The predicted octanol–water partition coefficient (Wildman–Crippen LogP) is 26.6. The van der Waals surface area contributed by atoms with Gasteiger partial charge in [0.15, 0.2) is 0 Å². The first-order chi connectivity index (χ1) is 67.5. The van der Waals surface area contributed by atoms with Crippen LogP contribution in [0.3, 0.4) is 0 Å². The van der Waals surface area contributed by atoms with Gasteiger partial charge < -0.3 is 0 Å². The SMILES string of the molecule is C1=Nc2ccccc2C1.c1ccc2c(c1)Cc1cccnc1-2.c1ccc2c(c1)Cc1ccncc1-2.c1ccc2c(c1)Cc1cnccc1-2.c1ccc2c(c1)Cc1ncccc1-2.c1ccc2c(c1)Cc1nccnc1-2.c1ccc2c(c1)Cc1ncncc1-2.c1ccc2c(c1)c1ccccc1c1nccnc21.c1ccc2c(c1)c1ccccc1c1ncncc21.c1cnc2c(c1)-c1cccnc1C2. The number of aromatic nitrogens is 14. The van der Waals surface area contributed by atoms with Crippen LogP contribution in [0.2, 0.25) is 0 Å². The molecule has 10 aromatic heterocycles. The Labute approximate surface area is 787 Å². The van der Waals surface area contributed by atoms with Gasteiger partial charge in [-0.3, -0.25) is 54.8 Å². The Balaban J connectivity index is 0.0000000879. The minimum Gasteiger partial charge on any atom is -0.264 e. The molecule has 0 atom stereocenters. The fraction of sp³-hybridized carbons (Fsp3) is 0.0661. The number of hydrogen-bond donors (Lipinski definition) is 0. The maximum absolute atomic E-state index is 4.50. The molecule has 0 saturated carbocycles. The molecule has 23 aromatic rings. The highest BCUT2D eigenvalue weighted by Gasteiger charge is 2.25. The topological polar surface area (TPSA) is 193 Å². The summed E-state index contributed by atoms with van der Waals surface area (Å²) in [6.45, 7) is 0. The summed E-state index contributed by atoms with van der Waals surface area (Å²) < 4.78 is 0. The fourth-order valence-electron chi connectivity index (χ4n) is 19.5. The highest BCUT2D eigenvalue weighted by atomic mass is 14.8. The van der Waals surface area contributed by atoms with Crippen molar-refractivity contribution in [1.82, 2.24) is 69.8 Å². The van der Waals surface area contributed by atoms with Crippen LogP contribution in [0.15, 0.2) is 432 Å². The van der Waals surface area contributed by atoms with Gasteiger partial charge in [-0.1, -0.05) is 285 Å². The summed E-state index contributed by atoms with van der Waals surface area (Å²) in [5.41, 5.74) is 41.4. The van der Waals surface area contributed by atoms with Crippen LogP contribution in [-0.4, -0.2) is 76.0 Å². The van der Waals surface area contributed by atoms with Crippen molar-refractivity contribution >= 4 is 76.9 Å². The van der Waals surface area contributed by atoms with E-state index in [-0.39, 0.29) is 0 Å². The quantitative estimate of drug-likeness (QED) is 0.130. The molecule has 13 aromatic carbocycles. The number of rotatable bonds is 0. The van der Waals surface area contributed by atoms with Gasteiger partial charge in [-0.25, -0.2) is 19.9 Å². The van der Waals surface area contributed by atoms with Gasteiger partial charge >= 0.3 is 0 Å². The molecule has 7 aliphatic carbocycles. The van der Waals surface area contributed by atoms with Gasteiger partial charge in [0, 0.05) is 198 Å². The van der Waals surface area contributed by atoms with Gasteiger partial charge in [-0.15, -0.1) is 0 Å². The lowest BCUT2D eigenvalue weighted by atomic mass is 9.98. The maximum atomic E-state index is 4.50. The van der Waals surface area contributed by atoms with Crippen LogP contribution in [0.1, 0.15) is 84.1 Å². The molecule has 11 heterocycles. The van der Waals surface area contributed by atoms with E-state index < -0.39 is 0 Å². The highest BCUT2D eigenvalue weighted by Crippen LogP contribution is 2.43. The number of fused-ring (bicyclic) bond motifs is 34. The average Bonchev–Trinajstić information content (AvgIpc) is 1.35. The second-order valence-electron chi connectivity index (χ2n) is 33.9. The summed E-state index contributed by atoms with van der Waals surface area (Å²) >= 11 is 0. The molecule has 646 valence electrons. The van der Waals surface area contributed by atoms with E-state index in [0.29, 0.717) is 0 Å². The second kappa shape index (κ2) is 38.8. The van der Waals surface area contributed by atoms with E-state index in [4.69, 9.17) is 0 Å². The normalized spacial score (nSPS) is 12.1. The maximum Gasteiger partial charge on any atom is 0.116 e. The Bertz CT molecular complexity index is 6670. The van der Waals surface area contributed by atoms with Crippen molar-refractivity contribution in [2.45, 2.75) is 51.4 Å². The van der Waals surface area contributed by atoms with Crippen LogP contribution in [-0.2, 0) is 51.4 Å². The Hall–Kier alpha value is -17.7. The van der Waals surface area contributed by atoms with Crippen LogP contribution in [0.5, 0.6) is 0 Å². The van der Waals surface area contributed by atoms with Crippen LogP contribution in [0, 0.1) is 0 Å². The molecule has 15 nitrogen and oxygen atoms in total.